The lowest BCUT2D eigenvalue weighted by Crippen LogP contribution is -2.27. The maximum absolute atomic E-state index is 13.0. The molecule has 138 valence electrons. The molecule has 2 atom stereocenters. The molecule has 0 saturated carbocycles. The van der Waals surface area contributed by atoms with Crippen LogP contribution in [0.4, 0.5) is 0 Å². The topological polar surface area (TPSA) is 74.1 Å². The summed E-state index contributed by atoms with van der Waals surface area (Å²) < 4.78 is 0. The molecule has 2 heterocycles. The van der Waals surface area contributed by atoms with Gasteiger partial charge >= 0.3 is 0 Å². The number of carbonyl (C=O) groups excluding carboxylic acids is 2. The van der Waals surface area contributed by atoms with E-state index in [4.69, 9.17) is 0 Å². The fourth-order valence-corrected chi connectivity index (χ4v) is 3.67. The first-order chi connectivity index (χ1) is 13.7. The molecule has 0 unspecified atom stereocenters. The van der Waals surface area contributed by atoms with Crippen molar-refractivity contribution in [2.45, 2.75) is 18.9 Å². The minimum Gasteiger partial charge on any atom is -0.338 e. The number of ketones is 1. The van der Waals surface area contributed by atoms with Gasteiger partial charge in [0.15, 0.2) is 5.78 Å². The Labute approximate surface area is 163 Å². The third-order valence-electron chi connectivity index (χ3n) is 5.16. The van der Waals surface area contributed by atoms with Crippen molar-refractivity contribution in [2.24, 2.45) is 5.92 Å². The highest BCUT2D eigenvalue weighted by molar-refractivity contribution is 5.96. The summed E-state index contributed by atoms with van der Waals surface area (Å²) in [4.78, 5) is 31.6. The Morgan fingerprint density at radius 1 is 1.11 bits per heavy atom. The van der Waals surface area contributed by atoms with E-state index in [1.165, 1.54) is 0 Å². The molecule has 0 bridgehead atoms. The van der Waals surface area contributed by atoms with Crippen LogP contribution in [-0.2, 0) is 16.1 Å². The Hall–Kier alpha value is -3.52. The van der Waals surface area contributed by atoms with Crippen molar-refractivity contribution in [1.29, 1.82) is 5.26 Å². The van der Waals surface area contributed by atoms with E-state index in [1.807, 2.05) is 60.7 Å². The van der Waals surface area contributed by atoms with E-state index < -0.39 is 11.8 Å². The number of nitrogens with zero attached hydrogens (tertiary/aromatic N) is 3. The number of likely N-dealkylation sites (tertiary alicyclic amines) is 1. The van der Waals surface area contributed by atoms with Gasteiger partial charge in [0.05, 0.1) is 17.3 Å². The Balaban J connectivity index is 1.52. The Kier molecular flexibility index (Phi) is 4.86. The second-order valence-corrected chi connectivity index (χ2v) is 7.05. The second kappa shape index (κ2) is 7.61. The second-order valence-electron chi connectivity index (χ2n) is 7.05. The Morgan fingerprint density at radius 3 is 2.64 bits per heavy atom. The minimum atomic E-state index is -0.959. The number of carbonyl (C=O) groups is 2. The van der Waals surface area contributed by atoms with Crippen LogP contribution in [0.2, 0.25) is 0 Å². The molecule has 0 N–H and O–H groups in total. The fraction of sp³-hybridized carbons (Fsp3) is 0.217. The molecule has 0 radical (unpaired) electrons. The maximum atomic E-state index is 13.0. The molecule has 0 aliphatic carbocycles. The van der Waals surface area contributed by atoms with Crippen molar-refractivity contribution >= 4 is 22.6 Å². The summed E-state index contributed by atoms with van der Waals surface area (Å²) in [6.45, 7) is 0.827. The zero-order valence-corrected chi connectivity index (χ0v) is 15.3. The van der Waals surface area contributed by atoms with Gasteiger partial charge in [-0.3, -0.25) is 14.6 Å². The van der Waals surface area contributed by atoms with Crippen LogP contribution >= 0.6 is 0 Å². The molecular weight excluding hydrogens is 350 g/mol. The summed E-state index contributed by atoms with van der Waals surface area (Å²) in [6, 6.07) is 23.0. The zero-order chi connectivity index (χ0) is 19.5. The van der Waals surface area contributed by atoms with Crippen LogP contribution in [0.25, 0.3) is 10.9 Å². The van der Waals surface area contributed by atoms with Gasteiger partial charge in [0, 0.05) is 30.8 Å². The predicted octanol–water partition coefficient (Wildman–Crippen LogP) is 3.46. The lowest BCUT2D eigenvalue weighted by molar-refractivity contribution is -0.129. The molecule has 1 saturated heterocycles. The van der Waals surface area contributed by atoms with Crippen molar-refractivity contribution in [2.75, 3.05) is 6.54 Å². The monoisotopic (exact) mass is 369 g/mol. The third-order valence-corrected chi connectivity index (χ3v) is 5.16. The standard InChI is InChI=1S/C23H19N3O2/c24-13-19(21-11-10-17-8-4-5-9-20(17)25-21)23(28)18-12-22(27)26(15-18)14-16-6-2-1-3-7-16/h1-11,18-19H,12,14-15H2/t18-,19-/m0/s1. The van der Waals surface area contributed by atoms with Crippen molar-refractivity contribution in [3.63, 3.8) is 0 Å². The number of nitriles is 1. The highest BCUT2D eigenvalue weighted by Crippen LogP contribution is 2.28. The summed E-state index contributed by atoms with van der Waals surface area (Å²) >= 11 is 0. The summed E-state index contributed by atoms with van der Waals surface area (Å²) in [5.41, 5.74) is 2.22. The van der Waals surface area contributed by atoms with Gasteiger partial charge in [0.1, 0.15) is 5.92 Å². The van der Waals surface area contributed by atoms with Gasteiger partial charge in [-0.25, -0.2) is 0 Å². The highest BCUT2D eigenvalue weighted by Gasteiger charge is 2.38. The molecule has 1 amide bonds. The van der Waals surface area contributed by atoms with Crippen molar-refractivity contribution in [3.05, 3.63) is 78.0 Å². The van der Waals surface area contributed by atoms with Crippen LogP contribution in [0.5, 0.6) is 0 Å². The van der Waals surface area contributed by atoms with Gasteiger partial charge in [-0.15, -0.1) is 0 Å². The Morgan fingerprint density at radius 2 is 1.86 bits per heavy atom. The lowest BCUT2D eigenvalue weighted by Gasteiger charge is -2.17. The first-order valence-electron chi connectivity index (χ1n) is 9.26. The molecule has 3 aromatic rings. The molecule has 28 heavy (non-hydrogen) atoms. The van der Waals surface area contributed by atoms with E-state index in [9.17, 15) is 14.9 Å². The van der Waals surface area contributed by atoms with E-state index in [0.29, 0.717) is 18.8 Å². The Bertz CT molecular complexity index is 1070. The molecule has 2 aromatic carbocycles. The molecule has 0 spiro atoms. The average molecular weight is 369 g/mol. The molecular formula is C23H19N3O2. The normalized spacial score (nSPS) is 17.5. The van der Waals surface area contributed by atoms with Crippen LogP contribution < -0.4 is 0 Å². The largest absolute Gasteiger partial charge is 0.338 e. The number of rotatable bonds is 5. The van der Waals surface area contributed by atoms with Crippen molar-refractivity contribution in [1.82, 2.24) is 9.88 Å². The smallest absolute Gasteiger partial charge is 0.223 e. The van der Waals surface area contributed by atoms with Crippen LogP contribution in [0.15, 0.2) is 66.7 Å². The summed E-state index contributed by atoms with van der Waals surface area (Å²) in [7, 11) is 0. The number of pyridine rings is 1. The van der Waals surface area contributed by atoms with Crippen LogP contribution in [0.1, 0.15) is 23.6 Å². The number of hydrogen-bond donors (Lipinski definition) is 0. The van der Waals surface area contributed by atoms with Gasteiger partial charge < -0.3 is 4.90 Å². The zero-order valence-electron chi connectivity index (χ0n) is 15.3. The van der Waals surface area contributed by atoms with Gasteiger partial charge in [0.2, 0.25) is 5.91 Å². The lowest BCUT2D eigenvalue weighted by atomic mass is 9.90. The minimum absolute atomic E-state index is 0.0506. The number of hydrogen-bond acceptors (Lipinski definition) is 4. The molecule has 5 nitrogen and oxygen atoms in total. The number of fused-ring (bicyclic) bond motifs is 1. The number of amides is 1. The van der Waals surface area contributed by atoms with Crippen LogP contribution in [0, 0.1) is 17.2 Å². The summed E-state index contributed by atoms with van der Waals surface area (Å²) in [5.74, 6) is -1.72. The van der Waals surface area contributed by atoms with E-state index in [0.717, 1.165) is 16.5 Å². The van der Waals surface area contributed by atoms with Gasteiger partial charge in [-0.1, -0.05) is 54.6 Å². The van der Waals surface area contributed by atoms with E-state index in [1.54, 1.807) is 11.0 Å². The SMILES string of the molecule is N#C[C@H](C(=O)[C@H]1CC(=O)N(Cc2ccccc2)C1)c1ccc2ccccc2n1. The fourth-order valence-electron chi connectivity index (χ4n) is 3.67. The molecule has 1 aliphatic heterocycles. The van der Waals surface area contributed by atoms with Crippen molar-refractivity contribution < 1.29 is 9.59 Å². The van der Waals surface area contributed by atoms with Crippen LogP contribution in [-0.4, -0.2) is 28.1 Å². The predicted molar refractivity (Wildman–Crippen MR) is 105 cm³/mol. The average Bonchev–Trinajstić information content (AvgIpc) is 3.09. The number of para-hydroxylation sites is 1. The maximum Gasteiger partial charge on any atom is 0.223 e. The molecule has 4 rings (SSSR count). The quantitative estimate of drug-likeness (QED) is 0.690. The third kappa shape index (κ3) is 3.49. The van der Waals surface area contributed by atoms with Crippen LogP contribution in [0.3, 0.4) is 0 Å². The molecule has 1 fully saturated rings. The molecule has 1 aliphatic rings. The number of benzene rings is 2. The first kappa shape index (κ1) is 17.9. The highest BCUT2D eigenvalue weighted by atomic mass is 16.2. The van der Waals surface area contributed by atoms with Crippen molar-refractivity contribution in [3.8, 4) is 6.07 Å². The van der Waals surface area contributed by atoms with E-state index in [-0.39, 0.29) is 18.1 Å². The van der Waals surface area contributed by atoms with Gasteiger partial charge in [-0.2, -0.15) is 5.26 Å². The van der Waals surface area contributed by atoms with E-state index >= 15 is 0 Å². The summed E-state index contributed by atoms with van der Waals surface area (Å²) in [6.07, 6.45) is 0.150. The summed E-state index contributed by atoms with van der Waals surface area (Å²) in [5, 5.41) is 10.6. The van der Waals surface area contributed by atoms with Gasteiger partial charge in [0.25, 0.3) is 0 Å². The number of aromatic nitrogens is 1. The van der Waals surface area contributed by atoms with Gasteiger partial charge in [-0.05, 0) is 17.7 Å². The number of Topliss-reactive ketones (excluding diaryl/α,β-unsaturated/α-hetero) is 1. The molecule has 5 heteroatoms. The molecule has 1 aromatic heterocycles. The van der Waals surface area contributed by atoms with E-state index in [2.05, 4.69) is 11.1 Å². The first-order valence-corrected chi connectivity index (χ1v) is 9.26.